The Morgan fingerprint density at radius 1 is 1.02 bits per heavy atom. The van der Waals surface area contributed by atoms with Crippen LogP contribution in [0.3, 0.4) is 0 Å². The minimum Gasteiger partial charge on any atom is -0.507 e. The van der Waals surface area contributed by atoms with Crippen molar-refractivity contribution in [2.45, 2.75) is 94.8 Å². The molecule has 1 spiro atoms. The summed E-state index contributed by atoms with van der Waals surface area (Å²) in [6, 6.07) is 0.0339. The first-order valence-electron chi connectivity index (χ1n) is 14.0. The van der Waals surface area contributed by atoms with E-state index in [2.05, 4.69) is 21.3 Å². The Balaban J connectivity index is 1.48. The summed E-state index contributed by atoms with van der Waals surface area (Å²) in [5.41, 5.74) is -1.51. The van der Waals surface area contributed by atoms with Crippen LogP contribution < -0.4 is 21.3 Å². The first-order valence-corrected chi connectivity index (χ1v) is 14.0. The van der Waals surface area contributed by atoms with Gasteiger partial charge in [-0.1, -0.05) is 41.5 Å². The third-order valence-electron chi connectivity index (χ3n) is 8.73. The maximum absolute atomic E-state index is 13.7. The van der Waals surface area contributed by atoms with Gasteiger partial charge in [0.1, 0.15) is 11.8 Å². The minimum absolute atomic E-state index is 0.0790. The molecule has 1 aromatic rings. The molecule has 1 aromatic carbocycles. The number of carbonyl (C=O) groups is 3. The standard InChI is InChI=1S/C28H40N8O6/c1-25(2,3)14-9-13(10-15(20(14)39)26(4,5)6)22(40)32-17-12-36-24(30)31-16(11-35-18(37)7-8-19(35)38)21-27(36,28(17,41)42)34-23(29)33-21/h9-10,16-17,21,39,41-42H,7-8,11-12H2,1-6H3,(H2,30,31)(H,32,40)(H3,29,33,34). The highest BCUT2D eigenvalue weighted by atomic mass is 16.5. The Morgan fingerprint density at radius 3 is 2.10 bits per heavy atom. The van der Waals surface area contributed by atoms with Crippen molar-refractivity contribution in [1.29, 1.82) is 10.8 Å². The number of phenols is 1. The highest BCUT2D eigenvalue weighted by molar-refractivity contribution is 6.02. The van der Waals surface area contributed by atoms with Crippen LogP contribution in [0, 0.1) is 10.8 Å². The van der Waals surface area contributed by atoms with Crippen molar-refractivity contribution in [3.8, 4) is 5.75 Å². The molecule has 14 heteroatoms. The van der Waals surface area contributed by atoms with Crippen LogP contribution in [0.2, 0.25) is 0 Å². The molecular formula is C28H40N8O6. The van der Waals surface area contributed by atoms with Gasteiger partial charge in [0.2, 0.25) is 17.6 Å². The Bertz CT molecular complexity index is 1340. The number of phenolic OH excluding ortho intramolecular Hbond substituents is 1. The summed E-state index contributed by atoms with van der Waals surface area (Å²) < 4.78 is 0. The molecule has 42 heavy (non-hydrogen) atoms. The van der Waals surface area contributed by atoms with Gasteiger partial charge >= 0.3 is 0 Å². The highest BCUT2D eigenvalue weighted by Crippen LogP contribution is 2.44. The molecule has 4 saturated heterocycles. The van der Waals surface area contributed by atoms with Crippen LogP contribution in [0.15, 0.2) is 12.1 Å². The number of imide groups is 1. The second-order valence-electron chi connectivity index (χ2n) is 13.7. The summed E-state index contributed by atoms with van der Waals surface area (Å²) in [6.45, 7) is 11.2. The number of guanidine groups is 2. The maximum Gasteiger partial charge on any atom is 0.251 e. The number of rotatable bonds is 4. The predicted molar refractivity (Wildman–Crippen MR) is 152 cm³/mol. The number of benzene rings is 1. The SMILES string of the molecule is CC(C)(C)c1cc(C(=O)NC2CN3C(=N)NC(CN4C(=O)CCC4=O)C4NC(=N)NC43C2(O)O)cc(C(C)(C)C)c1O. The molecule has 0 bridgehead atoms. The molecule has 0 radical (unpaired) electrons. The normalized spacial score (nSPS) is 28.7. The smallest absolute Gasteiger partial charge is 0.251 e. The van der Waals surface area contributed by atoms with E-state index in [0.717, 1.165) is 4.90 Å². The van der Waals surface area contributed by atoms with Gasteiger partial charge < -0.3 is 41.5 Å². The Morgan fingerprint density at radius 2 is 1.57 bits per heavy atom. The maximum atomic E-state index is 13.7. The molecule has 14 nitrogen and oxygen atoms in total. The summed E-state index contributed by atoms with van der Waals surface area (Å²) in [6.07, 6.45) is 0.158. The van der Waals surface area contributed by atoms with Crippen molar-refractivity contribution < 1.29 is 29.7 Å². The van der Waals surface area contributed by atoms with E-state index in [-0.39, 0.29) is 61.0 Å². The van der Waals surface area contributed by atoms with E-state index in [1.807, 2.05) is 41.5 Å². The van der Waals surface area contributed by atoms with Crippen LogP contribution in [0.1, 0.15) is 75.9 Å². The molecule has 4 aliphatic rings. The monoisotopic (exact) mass is 584 g/mol. The van der Waals surface area contributed by atoms with Gasteiger partial charge in [-0.25, -0.2) is 0 Å². The molecule has 4 aliphatic heterocycles. The van der Waals surface area contributed by atoms with E-state index < -0.39 is 46.3 Å². The lowest BCUT2D eigenvalue weighted by Crippen LogP contribution is -2.81. The lowest BCUT2D eigenvalue weighted by molar-refractivity contribution is -0.232. The Kier molecular flexibility index (Phi) is 6.55. The van der Waals surface area contributed by atoms with Crippen LogP contribution in [0.4, 0.5) is 0 Å². The fourth-order valence-corrected chi connectivity index (χ4v) is 6.51. The van der Waals surface area contributed by atoms with Gasteiger partial charge in [-0.05, 0) is 23.0 Å². The fourth-order valence-electron chi connectivity index (χ4n) is 6.51. The molecule has 4 atom stereocenters. The number of likely N-dealkylation sites (tertiary alicyclic amines) is 1. The zero-order valence-electron chi connectivity index (χ0n) is 24.7. The second-order valence-corrected chi connectivity index (χ2v) is 13.7. The largest absolute Gasteiger partial charge is 0.507 e. The molecule has 228 valence electrons. The molecule has 9 N–H and O–H groups in total. The minimum atomic E-state index is -2.72. The molecular weight excluding hydrogens is 544 g/mol. The second kappa shape index (κ2) is 9.30. The Labute approximate surface area is 243 Å². The van der Waals surface area contributed by atoms with Gasteiger partial charge in [0, 0.05) is 36.1 Å². The fraction of sp³-hybridized carbons (Fsp3) is 0.607. The molecule has 4 unspecified atom stereocenters. The number of nitrogens with one attached hydrogen (secondary N) is 6. The van der Waals surface area contributed by atoms with Crippen LogP contribution in [0.5, 0.6) is 5.75 Å². The number of aliphatic hydroxyl groups is 2. The number of nitrogens with zero attached hydrogens (tertiary/aromatic N) is 2. The molecule has 4 fully saturated rings. The summed E-state index contributed by atoms with van der Waals surface area (Å²) in [5, 5.41) is 62.8. The number of hydrogen-bond acceptors (Lipinski definition) is 8. The molecule has 5 rings (SSSR count). The van der Waals surface area contributed by atoms with Gasteiger partial charge in [-0.15, -0.1) is 0 Å². The predicted octanol–water partition coefficient (Wildman–Crippen LogP) is -0.670. The summed E-state index contributed by atoms with van der Waals surface area (Å²) in [4.78, 5) is 40.8. The van der Waals surface area contributed by atoms with Gasteiger partial charge in [-0.2, -0.15) is 0 Å². The first-order chi connectivity index (χ1) is 19.3. The number of hydrogen-bond donors (Lipinski definition) is 9. The van der Waals surface area contributed by atoms with E-state index in [9.17, 15) is 29.7 Å². The zero-order chi connectivity index (χ0) is 31.2. The number of aromatic hydroxyl groups is 1. The van der Waals surface area contributed by atoms with Crippen LogP contribution in [-0.4, -0.2) is 97.4 Å². The molecule has 3 amide bonds. The quantitative estimate of drug-likeness (QED) is 0.161. The van der Waals surface area contributed by atoms with Crippen LogP contribution in [-0.2, 0) is 20.4 Å². The van der Waals surface area contributed by atoms with E-state index in [1.165, 1.54) is 4.90 Å². The number of amides is 3. The lowest BCUT2D eigenvalue weighted by atomic mass is 9.78. The topological polar surface area (TPSA) is 214 Å². The summed E-state index contributed by atoms with van der Waals surface area (Å²) >= 11 is 0. The van der Waals surface area contributed by atoms with Crippen molar-refractivity contribution in [2.24, 2.45) is 0 Å². The van der Waals surface area contributed by atoms with Crippen molar-refractivity contribution in [3.63, 3.8) is 0 Å². The van der Waals surface area contributed by atoms with E-state index in [1.54, 1.807) is 12.1 Å². The average molecular weight is 585 g/mol. The van der Waals surface area contributed by atoms with Crippen LogP contribution in [0.25, 0.3) is 0 Å². The summed E-state index contributed by atoms with van der Waals surface area (Å²) in [7, 11) is 0. The van der Waals surface area contributed by atoms with Gasteiger partial charge in [-0.3, -0.25) is 30.1 Å². The van der Waals surface area contributed by atoms with Crippen molar-refractivity contribution >= 4 is 29.6 Å². The highest BCUT2D eigenvalue weighted by Gasteiger charge is 2.74. The Hall–Kier alpha value is -3.91. The van der Waals surface area contributed by atoms with E-state index in [0.29, 0.717) is 11.1 Å². The van der Waals surface area contributed by atoms with Crippen molar-refractivity contribution in [3.05, 3.63) is 28.8 Å². The van der Waals surface area contributed by atoms with Gasteiger partial charge in [0.15, 0.2) is 17.6 Å². The van der Waals surface area contributed by atoms with Gasteiger partial charge in [0.05, 0.1) is 18.6 Å². The molecule has 4 heterocycles. The van der Waals surface area contributed by atoms with Crippen molar-refractivity contribution in [1.82, 2.24) is 31.1 Å². The third-order valence-corrected chi connectivity index (χ3v) is 8.73. The molecule has 0 aliphatic carbocycles. The van der Waals surface area contributed by atoms with E-state index in [4.69, 9.17) is 10.8 Å². The van der Waals surface area contributed by atoms with Crippen molar-refractivity contribution in [2.75, 3.05) is 13.1 Å². The third kappa shape index (κ3) is 4.35. The lowest BCUT2D eigenvalue weighted by Gasteiger charge is -2.51. The van der Waals surface area contributed by atoms with Gasteiger partial charge in [0.25, 0.3) is 5.91 Å². The molecule has 0 saturated carbocycles. The number of carbonyl (C=O) groups excluding carboxylic acids is 3. The summed E-state index contributed by atoms with van der Waals surface area (Å²) in [5.74, 6) is -4.41. The first kappa shape index (κ1) is 29.6. The zero-order valence-corrected chi connectivity index (χ0v) is 24.7. The average Bonchev–Trinajstić information content (AvgIpc) is 3.45. The molecule has 0 aromatic heterocycles. The van der Waals surface area contributed by atoms with Crippen LogP contribution >= 0.6 is 0 Å². The van der Waals surface area contributed by atoms with E-state index >= 15 is 0 Å².